The van der Waals surface area contributed by atoms with Gasteiger partial charge in [-0.3, -0.25) is 24.5 Å². The Morgan fingerprint density at radius 3 is 2.75 bits per heavy atom. The summed E-state index contributed by atoms with van der Waals surface area (Å²) in [5.41, 5.74) is 1.66. The van der Waals surface area contributed by atoms with Crippen LogP contribution in [0.15, 0.2) is 18.2 Å². The molecule has 0 spiro atoms. The molecule has 4 rings (SSSR count). The van der Waals surface area contributed by atoms with Crippen molar-refractivity contribution in [3.8, 4) is 0 Å². The number of benzene rings is 1. The molecule has 2 saturated heterocycles. The fourth-order valence-electron chi connectivity index (χ4n) is 4.71. The van der Waals surface area contributed by atoms with Crippen LogP contribution in [0.3, 0.4) is 0 Å². The average Bonchev–Trinajstić information content (AvgIpc) is 3.07. The molecule has 0 saturated carbocycles. The predicted octanol–water partition coefficient (Wildman–Crippen LogP) is 1.09. The molecule has 1 aromatic rings. The highest BCUT2D eigenvalue weighted by Crippen LogP contribution is 2.30. The molecule has 3 atom stereocenters. The Morgan fingerprint density at radius 2 is 2.03 bits per heavy atom. The minimum Gasteiger partial charge on any atom is -0.347 e. The molecule has 8 nitrogen and oxygen atoms in total. The van der Waals surface area contributed by atoms with E-state index in [-0.39, 0.29) is 43.7 Å². The second-order valence-electron chi connectivity index (χ2n) is 8.75. The van der Waals surface area contributed by atoms with Gasteiger partial charge in [0.05, 0.1) is 6.04 Å². The van der Waals surface area contributed by atoms with Crippen molar-refractivity contribution in [2.24, 2.45) is 5.92 Å². The second kappa shape index (κ2) is 8.57. The van der Waals surface area contributed by atoms with Gasteiger partial charge in [0.15, 0.2) is 0 Å². The first-order valence-electron chi connectivity index (χ1n) is 10.8. The van der Waals surface area contributed by atoms with E-state index in [0.717, 1.165) is 6.42 Å². The standard InChI is InChI=1S/C22H26F2N4O4/c1-12-3-2-8-25-18(12)22(23,24)21(32)26-10-13-4-5-15-14(9-13)11-28(20(15)31)16-6-7-17(29)27-19(16)30/h4-5,9,12,16,18,25H,2-3,6-8,10-11H2,1H3,(H,26,32)(H,27,29,30). The molecule has 3 unspecified atom stereocenters. The van der Waals surface area contributed by atoms with Crippen molar-refractivity contribution in [1.82, 2.24) is 20.9 Å². The first-order chi connectivity index (χ1) is 15.2. The molecule has 32 heavy (non-hydrogen) atoms. The van der Waals surface area contributed by atoms with Crippen molar-refractivity contribution in [3.63, 3.8) is 0 Å². The topological polar surface area (TPSA) is 108 Å². The highest BCUT2D eigenvalue weighted by Gasteiger charge is 2.50. The zero-order chi connectivity index (χ0) is 23.0. The number of nitrogens with one attached hydrogen (secondary N) is 3. The number of piperidine rings is 2. The lowest BCUT2D eigenvalue weighted by Crippen LogP contribution is -2.58. The maximum absolute atomic E-state index is 14.7. The number of carbonyl (C=O) groups excluding carboxylic acids is 4. The molecule has 3 N–H and O–H groups in total. The zero-order valence-electron chi connectivity index (χ0n) is 17.7. The minimum atomic E-state index is -3.53. The number of rotatable bonds is 5. The third-order valence-electron chi connectivity index (χ3n) is 6.50. The molecular weight excluding hydrogens is 422 g/mol. The minimum absolute atomic E-state index is 0.102. The summed E-state index contributed by atoms with van der Waals surface area (Å²) >= 11 is 0. The predicted molar refractivity (Wildman–Crippen MR) is 109 cm³/mol. The van der Waals surface area contributed by atoms with Gasteiger partial charge in [0.2, 0.25) is 11.8 Å². The molecular formula is C22H26F2N4O4. The van der Waals surface area contributed by atoms with Gasteiger partial charge in [-0.15, -0.1) is 0 Å². The Kier molecular flexibility index (Phi) is 5.98. The zero-order valence-corrected chi connectivity index (χ0v) is 17.7. The highest BCUT2D eigenvalue weighted by molar-refractivity contribution is 6.05. The summed E-state index contributed by atoms with van der Waals surface area (Å²) in [6, 6.07) is 2.94. The fourth-order valence-corrected chi connectivity index (χ4v) is 4.71. The molecule has 172 valence electrons. The normalized spacial score (nSPS) is 26.0. The lowest BCUT2D eigenvalue weighted by atomic mass is 9.88. The van der Waals surface area contributed by atoms with Gasteiger partial charge < -0.3 is 15.5 Å². The fraction of sp³-hybridized carbons (Fsp3) is 0.545. The van der Waals surface area contributed by atoms with Crippen LogP contribution < -0.4 is 16.0 Å². The Bertz CT molecular complexity index is 967. The molecule has 0 radical (unpaired) electrons. The van der Waals surface area contributed by atoms with Gasteiger partial charge in [0.1, 0.15) is 6.04 Å². The molecule has 0 bridgehead atoms. The molecule has 0 aliphatic carbocycles. The van der Waals surface area contributed by atoms with Gasteiger partial charge >= 0.3 is 5.92 Å². The first kappa shape index (κ1) is 22.3. The van der Waals surface area contributed by atoms with Gasteiger partial charge in [-0.05, 0) is 48.9 Å². The van der Waals surface area contributed by atoms with E-state index >= 15 is 0 Å². The number of hydrogen-bond acceptors (Lipinski definition) is 5. The van der Waals surface area contributed by atoms with Crippen molar-refractivity contribution in [2.75, 3.05) is 6.54 Å². The summed E-state index contributed by atoms with van der Waals surface area (Å²) in [7, 11) is 0. The Morgan fingerprint density at radius 1 is 1.25 bits per heavy atom. The van der Waals surface area contributed by atoms with E-state index in [1.807, 2.05) is 0 Å². The summed E-state index contributed by atoms with van der Waals surface area (Å²) in [6.45, 7) is 2.25. The van der Waals surface area contributed by atoms with Crippen LogP contribution in [0, 0.1) is 5.92 Å². The van der Waals surface area contributed by atoms with Crippen LogP contribution in [-0.2, 0) is 27.5 Å². The summed E-state index contributed by atoms with van der Waals surface area (Å²) in [6.07, 6.45) is 1.87. The van der Waals surface area contributed by atoms with Gasteiger partial charge in [0.25, 0.3) is 11.8 Å². The molecule has 1 aromatic carbocycles. The van der Waals surface area contributed by atoms with E-state index in [0.29, 0.717) is 29.7 Å². The van der Waals surface area contributed by atoms with E-state index in [9.17, 15) is 28.0 Å². The number of amides is 4. The van der Waals surface area contributed by atoms with Crippen LogP contribution in [0.1, 0.15) is 54.1 Å². The van der Waals surface area contributed by atoms with Crippen LogP contribution >= 0.6 is 0 Å². The number of halogens is 2. The van der Waals surface area contributed by atoms with Crippen molar-refractivity contribution < 1.29 is 28.0 Å². The van der Waals surface area contributed by atoms with E-state index in [4.69, 9.17) is 0 Å². The van der Waals surface area contributed by atoms with Gasteiger partial charge in [-0.2, -0.15) is 8.78 Å². The molecule has 3 heterocycles. The second-order valence-corrected chi connectivity index (χ2v) is 8.75. The number of imide groups is 1. The van der Waals surface area contributed by atoms with Crippen LogP contribution in [-0.4, -0.2) is 53.1 Å². The number of fused-ring (bicyclic) bond motifs is 1. The van der Waals surface area contributed by atoms with Crippen molar-refractivity contribution in [3.05, 3.63) is 34.9 Å². The van der Waals surface area contributed by atoms with Crippen LogP contribution in [0.25, 0.3) is 0 Å². The first-order valence-corrected chi connectivity index (χ1v) is 10.8. The van der Waals surface area contributed by atoms with Crippen LogP contribution in [0.5, 0.6) is 0 Å². The van der Waals surface area contributed by atoms with E-state index < -0.39 is 29.8 Å². The average molecular weight is 448 g/mol. The largest absolute Gasteiger partial charge is 0.347 e. The Hall–Kier alpha value is -2.88. The van der Waals surface area contributed by atoms with Gasteiger partial charge in [0, 0.05) is 25.1 Å². The Balaban J connectivity index is 1.40. The quantitative estimate of drug-likeness (QED) is 0.585. The Labute approximate surface area is 184 Å². The van der Waals surface area contributed by atoms with Crippen molar-refractivity contribution in [1.29, 1.82) is 0 Å². The SMILES string of the molecule is CC1CCCNC1C(F)(F)C(=O)NCc1ccc2c(c1)CN(C1CCC(=O)NC1=O)C2=O. The monoisotopic (exact) mass is 448 g/mol. The van der Waals surface area contributed by atoms with E-state index in [1.165, 1.54) is 4.90 Å². The van der Waals surface area contributed by atoms with Gasteiger partial charge in [-0.25, -0.2) is 0 Å². The lowest BCUT2D eigenvalue weighted by Gasteiger charge is -2.35. The maximum Gasteiger partial charge on any atom is 0.339 e. The summed E-state index contributed by atoms with van der Waals surface area (Å²) in [5, 5.41) is 7.33. The number of hydrogen-bond donors (Lipinski definition) is 3. The smallest absolute Gasteiger partial charge is 0.339 e. The molecule has 2 fully saturated rings. The molecule has 3 aliphatic rings. The molecule has 3 aliphatic heterocycles. The summed E-state index contributed by atoms with van der Waals surface area (Å²) in [5.74, 6) is -6.34. The third kappa shape index (κ3) is 4.11. The summed E-state index contributed by atoms with van der Waals surface area (Å²) in [4.78, 5) is 49.9. The lowest BCUT2D eigenvalue weighted by molar-refractivity contribution is -0.153. The third-order valence-corrected chi connectivity index (χ3v) is 6.50. The van der Waals surface area contributed by atoms with Crippen molar-refractivity contribution in [2.45, 2.75) is 63.7 Å². The number of nitrogens with zero attached hydrogens (tertiary/aromatic N) is 1. The summed E-state index contributed by atoms with van der Waals surface area (Å²) < 4.78 is 29.3. The number of carbonyl (C=O) groups is 4. The van der Waals surface area contributed by atoms with Crippen molar-refractivity contribution >= 4 is 23.6 Å². The van der Waals surface area contributed by atoms with E-state index in [2.05, 4.69) is 16.0 Å². The number of alkyl halides is 2. The maximum atomic E-state index is 14.7. The van der Waals surface area contributed by atoms with Crippen LogP contribution in [0.2, 0.25) is 0 Å². The van der Waals surface area contributed by atoms with Crippen LogP contribution in [0.4, 0.5) is 8.78 Å². The highest BCUT2D eigenvalue weighted by atomic mass is 19.3. The molecule has 10 heteroatoms. The van der Waals surface area contributed by atoms with E-state index in [1.54, 1.807) is 25.1 Å². The molecule has 4 amide bonds. The van der Waals surface area contributed by atoms with Gasteiger partial charge in [-0.1, -0.05) is 19.1 Å². The molecule has 0 aromatic heterocycles.